The lowest BCUT2D eigenvalue weighted by atomic mass is 10.2. The summed E-state index contributed by atoms with van der Waals surface area (Å²) in [6.45, 7) is 1.95. The molecule has 0 bridgehead atoms. The number of carbonyl (C=O) groups excluding carboxylic acids is 1. The van der Waals surface area contributed by atoms with E-state index < -0.39 is 12.2 Å². The van der Waals surface area contributed by atoms with Gasteiger partial charge in [0.05, 0.1) is 0 Å². The predicted octanol–water partition coefficient (Wildman–Crippen LogP) is 2.25. The molecular weight excluding hydrogens is 377 g/mol. The van der Waals surface area contributed by atoms with Gasteiger partial charge in [0.2, 0.25) is 5.91 Å². The van der Waals surface area contributed by atoms with Gasteiger partial charge in [-0.3, -0.25) is 4.79 Å². The fourth-order valence-electron chi connectivity index (χ4n) is 2.37. The van der Waals surface area contributed by atoms with E-state index in [1.54, 1.807) is 12.1 Å². The molecule has 2 aromatic carbocycles. The first-order valence-corrected chi connectivity index (χ1v) is 8.17. The number of rotatable bonds is 4. The molecule has 1 aliphatic rings. The van der Waals surface area contributed by atoms with Crippen molar-refractivity contribution in [2.24, 2.45) is 0 Å². The van der Waals surface area contributed by atoms with Crippen LogP contribution in [0.4, 0.5) is 15.8 Å². The Hall–Kier alpha value is -2.00. The first-order valence-electron chi connectivity index (χ1n) is 7.38. The number of halogens is 2. The standard InChI is InChI=1S/C16H17BrFN5O/c1-9-8-12(6-7-13(9)17)20-16(24)14-15(22-23-21-14)19-11-4-2-10(18)3-5-11/h2-8,14-15,19,21-23H,1H3,(H,20,24). The molecule has 2 unspecified atom stereocenters. The quantitative estimate of drug-likeness (QED) is 0.550. The van der Waals surface area contributed by atoms with Crippen LogP contribution in [0.5, 0.6) is 0 Å². The normalized spacial score (nSPS) is 20.0. The molecule has 0 spiro atoms. The maximum absolute atomic E-state index is 13.0. The van der Waals surface area contributed by atoms with Crippen LogP contribution in [0.15, 0.2) is 46.9 Å². The van der Waals surface area contributed by atoms with Crippen molar-refractivity contribution in [3.63, 3.8) is 0 Å². The van der Waals surface area contributed by atoms with Crippen molar-refractivity contribution < 1.29 is 9.18 Å². The number of amides is 1. The van der Waals surface area contributed by atoms with Crippen LogP contribution in [0.3, 0.4) is 0 Å². The highest BCUT2D eigenvalue weighted by atomic mass is 79.9. The van der Waals surface area contributed by atoms with Crippen molar-refractivity contribution in [2.45, 2.75) is 19.1 Å². The maximum Gasteiger partial charge on any atom is 0.246 e. The highest BCUT2D eigenvalue weighted by Gasteiger charge is 2.32. The number of anilines is 2. The van der Waals surface area contributed by atoms with Crippen LogP contribution in [0.1, 0.15) is 5.56 Å². The molecule has 1 aliphatic heterocycles. The molecule has 2 atom stereocenters. The largest absolute Gasteiger partial charge is 0.367 e. The zero-order chi connectivity index (χ0) is 17.1. The summed E-state index contributed by atoms with van der Waals surface area (Å²) in [5, 5.41) is 6.01. The minimum Gasteiger partial charge on any atom is -0.367 e. The molecular formula is C16H17BrFN5O. The van der Waals surface area contributed by atoms with Gasteiger partial charge in [-0.05, 0) is 55.0 Å². The summed E-state index contributed by atoms with van der Waals surface area (Å²) in [7, 11) is 0. The molecule has 1 amide bonds. The van der Waals surface area contributed by atoms with Crippen LogP contribution < -0.4 is 27.0 Å². The van der Waals surface area contributed by atoms with Crippen molar-refractivity contribution in [1.29, 1.82) is 0 Å². The number of carbonyl (C=O) groups is 1. The summed E-state index contributed by atoms with van der Waals surface area (Å²) in [5.41, 5.74) is 11.0. The van der Waals surface area contributed by atoms with E-state index in [2.05, 4.69) is 42.9 Å². The molecule has 24 heavy (non-hydrogen) atoms. The van der Waals surface area contributed by atoms with Crippen LogP contribution in [-0.2, 0) is 4.79 Å². The third kappa shape index (κ3) is 3.90. The summed E-state index contributed by atoms with van der Waals surface area (Å²) < 4.78 is 14.0. The molecule has 6 nitrogen and oxygen atoms in total. The van der Waals surface area contributed by atoms with Crippen molar-refractivity contribution >= 4 is 33.2 Å². The van der Waals surface area contributed by atoms with Crippen LogP contribution in [0.2, 0.25) is 0 Å². The molecule has 126 valence electrons. The van der Waals surface area contributed by atoms with Gasteiger partial charge >= 0.3 is 0 Å². The molecule has 1 saturated heterocycles. The smallest absolute Gasteiger partial charge is 0.246 e. The fraction of sp³-hybridized carbons (Fsp3) is 0.188. The molecule has 5 N–H and O–H groups in total. The fourth-order valence-corrected chi connectivity index (χ4v) is 2.61. The number of hydrazine groups is 2. The minimum atomic E-state index is -0.556. The number of hydrogen-bond acceptors (Lipinski definition) is 5. The van der Waals surface area contributed by atoms with Crippen LogP contribution in [0, 0.1) is 12.7 Å². The molecule has 1 heterocycles. The average Bonchev–Trinajstić information content (AvgIpc) is 3.01. The highest BCUT2D eigenvalue weighted by molar-refractivity contribution is 9.10. The predicted molar refractivity (Wildman–Crippen MR) is 94.5 cm³/mol. The van der Waals surface area contributed by atoms with E-state index in [0.717, 1.165) is 15.7 Å². The van der Waals surface area contributed by atoms with E-state index in [4.69, 9.17) is 0 Å². The Morgan fingerprint density at radius 2 is 1.83 bits per heavy atom. The number of hydrogen-bond donors (Lipinski definition) is 5. The van der Waals surface area contributed by atoms with Gasteiger partial charge in [-0.15, -0.1) is 0 Å². The second-order valence-corrected chi connectivity index (χ2v) is 6.33. The number of nitrogens with one attached hydrogen (secondary N) is 5. The van der Waals surface area contributed by atoms with E-state index >= 15 is 0 Å². The lowest BCUT2D eigenvalue weighted by Crippen LogP contribution is -2.47. The van der Waals surface area contributed by atoms with E-state index in [1.165, 1.54) is 12.1 Å². The van der Waals surface area contributed by atoms with Gasteiger partial charge in [0.15, 0.2) is 0 Å². The highest BCUT2D eigenvalue weighted by Crippen LogP contribution is 2.20. The molecule has 0 radical (unpaired) electrons. The van der Waals surface area contributed by atoms with Gasteiger partial charge in [-0.1, -0.05) is 15.9 Å². The summed E-state index contributed by atoms with van der Waals surface area (Å²) in [5.74, 6) is -0.509. The summed E-state index contributed by atoms with van der Waals surface area (Å²) >= 11 is 3.43. The topological polar surface area (TPSA) is 77.2 Å². The Bertz CT molecular complexity index is 740. The first-order chi connectivity index (χ1) is 11.5. The van der Waals surface area contributed by atoms with E-state index in [0.29, 0.717) is 5.69 Å². The lowest BCUT2D eigenvalue weighted by Gasteiger charge is -2.20. The molecule has 0 aliphatic carbocycles. The summed E-state index contributed by atoms with van der Waals surface area (Å²) in [6, 6.07) is 11.0. The lowest BCUT2D eigenvalue weighted by molar-refractivity contribution is -0.118. The third-order valence-electron chi connectivity index (χ3n) is 3.66. The third-order valence-corrected chi connectivity index (χ3v) is 4.55. The second-order valence-electron chi connectivity index (χ2n) is 5.47. The molecule has 0 aromatic heterocycles. The van der Waals surface area contributed by atoms with Crippen molar-refractivity contribution in [1.82, 2.24) is 16.4 Å². The SMILES string of the molecule is Cc1cc(NC(=O)C2NNNC2Nc2ccc(F)cc2)ccc1Br. The van der Waals surface area contributed by atoms with Crippen molar-refractivity contribution in [2.75, 3.05) is 10.6 Å². The second kappa shape index (κ2) is 7.27. The van der Waals surface area contributed by atoms with E-state index in [1.807, 2.05) is 25.1 Å². The van der Waals surface area contributed by atoms with Crippen LogP contribution >= 0.6 is 15.9 Å². The molecule has 1 fully saturated rings. The van der Waals surface area contributed by atoms with Crippen LogP contribution in [0.25, 0.3) is 0 Å². The summed E-state index contributed by atoms with van der Waals surface area (Å²) in [4.78, 5) is 12.5. The van der Waals surface area contributed by atoms with Gasteiger partial charge in [-0.25, -0.2) is 15.2 Å². The Morgan fingerprint density at radius 1 is 1.12 bits per heavy atom. The zero-order valence-corrected chi connectivity index (χ0v) is 14.4. The van der Waals surface area contributed by atoms with Crippen LogP contribution in [-0.4, -0.2) is 18.1 Å². The van der Waals surface area contributed by atoms with E-state index in [-0.39, 0.29) is 11.7 Å². The first kappa shape index (κ1) is 16.8. The Balaban J connectivity index is 1.66. The minimum absolute atomic E-state index is 0.200. The molecule has 2 aromatic rings. The Labute approximate surface area is 147 Å². The monoisotopic (exact) mass is 393 g/mol. The number of benzene rings is 2. The average molecular weight is 394 g/mol. The summed E-state index contributed by atoms with van der Waals surface area (Å²) in [6.07, 6.45) is -0.396. The van der Waals surface area contributed by atoms with Crippen molar-refractivity contribution in [3.05, 3.63) is 58.3 Å². The maximum atomic E-state index is 13.0. The van der Waals surface area contributed by atoms with Gasteiger partial charge in [0.25, 0.3) is 0 Å². The van der Waals surface area contributed by atoms with Gasteiger partial charge in [0, 0.05) is 15.8 Å². The van der Waals surface area contributed by atoms with Gasteiger partial charge < -0.3 is 10.6 Å². The number of aryl methyl sites for hydroxylation is 1. The van der Waals surface area contributed by atoms with Gasteiger partial charge in [-0.2, -0.15) is 5.53 Å². The van der Waals surface area contributed by atoms with Gasteiger partial charge in [0.1, 0.15) is 18.0 Å². The Kier molecular flexibility index (Phi) is 5.10. The van der Waals surface area contributed by atoms with E-state index in [9.17, 15) is 9.18 Å². The molecule has 8 heteroatoms. The Morgan fingerprint density at radius 3 is 2.54 bits per heavy atom. The van der Waals surface area contributed by atoms with Crippen molar-refractivity contribution in [3.8, 4) is 0 Å². The zero-order valence-electron chi connectivity index (χ0n) is 12.9. The molecule has 0 saturated carbocycles. The molecule has 3 rings (SSSR count).